The van der Waals surface area contributed by atoms with Crippen LogP contribution in [0.15, 0.2) is 25.3 Å². The van der Waals surface area contributed by atoms with Gasteiger partial charge in [0.05, 0.1) is 18.1 Å². The highest BCUT2D eigenvalue weighted by Gasteiger charge is 2.51. The summed E-state index contributed by atoms with van der Waals surface area (Å²) in [5.41, 5.74) is 0. The molecule has 0 aromatic heterocycles. The lowest BCUT2D eigenvalue weighted by molar-refractivity contribution is -0.144. The Morgan fingerprint density at radius 3 is 2.47 bits per heavy atom. The minimum absolute atomic E-state index is 0.168. The first-order chi connectivity index (χ1) is 7.11. The van der Waals surface area contributed by atoms with E-state index >= 15 is 0 Å². The zero-order valence-corrected chi connectivity index (χ0v) is 9.06. The predicted octanol–water partition coefficient (Wildman–Crippen LogP) is 2.24. The molecular weight excluding hydrogens is 192 g/mol. The molecule has 1 saturated carbocycles. The van der Waals surface area contributed by atoms with Crippen molar-refractivity contribution in [3.05, 3.63) is 25.3 Å². The predicted molar refractivity (Wildman–Crippen MR) is 58.6 cm³/mol. The molecule has 15 heavy (non-hydrogen) atoms. The summed E-state index contributed by atoms with van der Waals surface area (Å²) in [4.78, 5) is 10.7. The van der Waals surface area contributed by atoms with E-state index in [9.17, 15) is 4.79 Å². The molecule has 1 N–H and O–H groups in total. The Labute approximate surface area is 90.4 Å². The van der Waals surface area contributed by atoms with Crippen molar-refractivity contribution < 1.29 is 14.6 Å². The Morgan fingerprint density at radius 2 is 2.00 bits per heavy atom. The number of rotatable bonds is 2. The number of hydrogen-bond acceptors (Lipinski definition) is 2. The van der Waals surface area contributed by atoms with Gasteiger partial charge in [0.2, 0.25) is 0 Å². The van der Waals surface area contributed by atoms with E-state index in [4.69, 9.17) is 9.84 Å². The van der Waals surface area contributed by atoms with Crippen molar-refractivity contribution in [3.63, 3.8) is 0 Å². The van der Waals surface area contributed by atoms with Gasteiger partial charge in [-0.3, -0.25) is 4.79 Å². The van der Waals surface area contributed by atoms with Crippen LogP contribution in [0.4, 0.5) is 0 Å². The average Bonchev–Trinajstić information content (AvgIpc) is 2.98. The smallest absolute Gasteiger partial charge is 0.306 e. The van der Waals surface area contributed by atoms with Gasteiger partial charge in [-0.15, -0.1) is 0 Å². The van der Waals surface area contributed by atoms with Crippen molar-refractivity contribution in [3.8, 4) is 0 Å². The lowest BCUT2D eigenvalue weighted by Crippen LogP contribution is -2.30. The number of aliphatic carboxylic acids is 1. The maximum atomic E-state index is 10.7. The number of epoxide rings is 1. The zero-order valence-electron chi connectivity index (χ0n) is 9.06. The maximum Gasteiger partial charge on any atom is 0.306 e. The molecule has 0 spiro atoms. The van der Waals surface area contributed by atoms with Gasteiger partial charge in [0.1, 0.15) is 0 Å². The van der Waals surface area contributed by atoms with E-state index in [1.165, 1.54) is 0 Å². The number of fused-ring (bicyclic) bond motifs is 1. The van der Waals surface area contributed by atoms with Gasteiger partial charge in [-0.1, -0.05) is 32.2 Å². The molecule has 0 bridgehead atoms. The number of hydrogen-bond donors (Lipinski definition) is 1. The van der Waals surface area contributed by atoms with E-state index in [-0.39, 0.29) is 17.9 Å². The molecule has 1 aliphatic heterocycles. The third kappa shape index (κ3) is 2.93. The van der Waals surface area contributed by atoms with Gasteiger partial charge in [0.25, 0.3) is 0 Å². The molecular formula is C12H18O3. The molecule has 4 atom stereocenters. The monoisotopic (exact) mass is 210 g/mol. The van der Waals surface area contributed by atoms with Crippen LogP contribution in [0.5, 0.6) is 0 Å². The van der Waals surface area contributed by atoms with Crippen LogP contribution in [0.1, 0.15) is 19.8 Å². The third-order valence-corrected chi connectivity index (χ3v) is 3.02. The number of carboxylic acids is 1. The maximum absolute atomic E-state index is 10.7. The number of ether oxygens (including phenoxy) is 1. The van der Waals surface area contributed by atoms with Crippen LogP contribution in [0.3, 0.4) is 0 Å². The van der Waals surface area contributed by atoms with Crippen LogP contribution >= 0.6 is 0 Å². The second-order valence-electron chi connectivity index (χ2n) is 3.99. The average molecular weight is 210 g/mol. The van der Waals surface area contributed by atoms with E-state index in [0.717, 1.165) is 12.8 Å². The zero-order chi connectivity index (χ0) is 11.4. The van der Waals surface area contributed by atoms with Crippen LogP contribution in [-0.4, -0.2) is 23.3 Å². The van der Waals surface area contributed by atoms with Gasteiger partial charge in [-0.25, -0.2) is 0 Å². The van der Waals surface area contributed by atoms with Crippen molar-refractivity contribution >= 4 is 5.97 Å². The van der Waals surface area contributed by atoms with Gasteiger partial charge in [0, 0.05) is 0 Å². The van der Waals surface area contributed by atoms with Gasteiger partial charge >= 0.3 is 5.97 Å². The van der Waals surface area contributed by atoms with E-state index < -0.39 is 5.97 Å². The molecule has 0 radical (unpaired) electrons. The Kier molecular flexibility index (Phi) is 4.09. The van der Waals surface area contributed by atoms with Crippen molar-refractivity contribution in [2.45, 2.75) is 32.0 Å². The van der Waals surface area contributed by atoms with Gasteiger partial charge < -0.3 is 9.84 Å². The number of carboxylic acid groups (broad SMARTS) is 1. The van der Waals surface area contributed by atoms with Crippen LogP contribution < -0.4 is 0 Å². The van der Waals surface area contributed by atoms with Crippen molar-refractivity contribution in [2.75, 3.05) is 0 Å². The summed E-state index contributed by atoms with van der Waals surface area (Å²) in [5.74, 6) is -0.614. The summed E-state index contributed by atoms with van der Waals surface area (Å²) in [5, 5.41) is 8.79. The highest BCUT2D eigenvalue weighted by atomic mass is 16.6. The molecule has 1 heterocycles. The summed E-state index contributed by atoms with van der Waals surface area (Å²) in [6, 6.07) is 0. The number of carbonyl (C=O) groups is 1. The highest BCUT2D eigenvalue weighted by molar-refractivity contribution is 5.70. The first kappa shape index (κ1) is 12.0. The fraction of sp³-hybridized carbons (Fsp3) is 0.583. The van der Waals surface area contributed by atoms with Crippen LogP contribution in [0, 0.1) is 11.8 Å². The third-order valence-electron chi connectivity index (χ3n) is 3.02. The molecule has 3 heteroatoms. The van der Waals surface area contributed by atoms with Gasteiger partial charge in [0.15, 0.2) is 0 Å². The lowest BCUT2D eigenvalue weighted by atomic mass is 9.80. The molecule has 2 fully saturated rings. The molecule has 4 unspecified atom stereocenters. The Hall–Kier alpha value is -1.09. The molecule has 0 aromatic carbocycles. The molecule has 0 aromatic rings. The minimum atomic E-state index is -0.661. The Morgan fingerprint density at radius 1 is 1.40 bits per heavy atom. The largest absolute Gasteiger partial charge is 0.481 e. The normalized spacial score (nSPS) is 36.6. The first-order valence-electron chi connectivity index (χ1n) is 5.23. The van der Waals surface area contributed by atoms with E-state index in [2.05, 4.69) is 13.2 Å². The fourth-order valence-corrected chi connectivity index (χ4v) is 2.04. The first-order valence-corrected chi connectivity index (χ1v) is 5.23. The molecule has 84 valence electrons. The quantitative estimate of drug-likeness (QED) is 0.561. The van der Waals surface area contributed by atoms with Crippen molar-refractivity contribution in [2.24, 2.45) is 11.8 Å². The summed E-state index contributed by atoms with van der Waals surface area (Å²) in [6.07, 6.45) is 5.65. The Balaban J connectivity index is 0.000000245. The molecule has 2 rings (SSSR count). The van der Waals surface area contributed by atoms with E-state index in [1.54, 1.807) is 12.2 Å². The van der Waals surface area contributed by atoms with Gasteiger partial charge in [-0.2, -0.15) is 0 Å². The highest BCUT2D eigenvalue weighted by Crippen LogP contribution is 2.43. The van der Waals surface area contributed by atoms with Crippen LogP contribution in [0.25, 0.3) is 0 Å². The van der Waals surface area contributed by atoms with Crippen molar-refractivity contribution in [1.29, 1.82) is 0 Å². The topological polar surface area (TPSA) is 49.8 Å². The lowest BCUT2D eigenvalue weighted by Gasteiger charge is -2.21. The van der Waals surface area contributed by atoms with E-state index in [1.807, 2.05) is 6.92 Å². The second kappa shape index (κ2) is 5.12. The molecule has 1 aliphatic carbocycles. The second-order valence-corrected chi connectivity index (χ2v) is 3.99. The van der Waals surface area contributed by atoms with Crippen molar-refractivity contribution in [1.82, 2.24) is 0 Å². The summed E-state index contributed by atoms with van der Waals surface area (Å²) < 4.78 is 5.31. The molecule has 0 amide bonds. The minimum Gasteiger partial charge on any atom is -0.481 e. The number of allylic oxidation sites excluding steroid dienone is 2. The summed E-state index contributed by atoms with van der Waals surface area (Å²) >= 11 is 0. The standard InChI is InChI=1S/C8H12O3.C4H6/c1-4-5(8(9)10)2-3-6-7(4)11-6;1-3-4-2/h4-7H,2-3H2,1H3,(H,9,10);3-4H,1-2H2. The molecule has 2 aliphatic rings. The molecule has 1 saturated heterocycles. The SMILES string of the molecule is C=CC=C.CC1C(C(=O)O)CCC2OC21. The van der Waals surface area contributed by atoms with Crippen LogP contribution in [-0.2, 0) is 9.53 Å². The molecule has 3 nitrogen and oxygen atoms in total. The summed E-state index contributed by atoms with van der Waals surface area (Å²) in [7, 11) is 0. The fourth-order valence-electron chi connectivity index (χ4n) is 2.04. The van der Waals surface area contributed by atoms with E-state index in [0.29, 0.717) is 6.10 Å². The summed E-state index contributed by atoms with van der Waals surface area (Å²) in [6.45, 7) is 8.70. The van der Waals surface area contributed by atoms with Crippen LogP contribution in [0.2, 0.25) is 0 Å². The Bertz CT molecular complexity index is 254. The van der Waals surface area contributed by atoms with Gasteiger partial charge in [-0.05, 0) is 18.8 Å².